The molecule has 0 amide bonds. The number of carbonyl (C=O) groups is 12. The summed E-state index contributed by atoms with van der Waals surface area (Å²) in [5.74, 6) is -23.6. The van der Waals surface area contributed by atoms with Crippen LogP contribution in [0, 0.1) is 142 Å². The fraction of sp³-hybridized carbons (Fsp3) is 0.854. The van der Waals surface area contributed by atoms with Gasteiger partial charge in [-0.15, -0.1) is 0 Å². The van der Waals surface area contributed by atoms with Gasteiger partial charge in [-0.2, -0.15) is 0 Å². The van der Waals surface area contributed by atoms with Crippen molar-refractivity contribution in [2.45, 2.75) is 269 Å². The van der Waals surface area contributed by atoms with Gasteiger partial charge >= 0.3 is 71.6 Å². The number of fused-ring (bicyclic) bond motifs is 3. The molecule has 0 radical (unpaired) electrons. The van der Waals surface area contributed by atoms with Crippen molar-refractivity contribution in [2.24, 2.45) is 142 Å². The Hall–Kier alpha value is -6.60. The maximum absolute atomic E-state index is 13.1. The van der Waals surface area contributed by atoms with E-state index in [-0.39, 0.29) is 140 Å². The lowest BCUT2D eigenvalue weighted by atomic mass is 9.77. The second-order valence-corrected chi connectivity index (χ2v) is 33.9. The summed E-state index contributed by atoms with van der Waals surface area (Å²) in [6.45, 7) is 42.7. The van der Waals surface area contributed by atoms with Gasteiger partial charge in [0, 0.05) is 0 Å². The van der Waals surface area contributed by atoms with Crippen LogP contribution in [0.1, 0.15) is 196 Å². The normalized spacial score (nSPS) is 26.1. The molecule has 6 aliphatic rings. The van der Waals surface area contributed by atoms with Gasteiger partial charge in [0.1, 0.15) is 36.6 Å². The van der Waals surface area contributed by atoms with Crippen LogP contribution in [0.2, 0.25) is 0 Å². The Labute approximate surface area is 664 Å². The van der Waals surface area contributed by atoms with Crippen LogP contribution in [0.25, 0.3) is 0 Å². The Morgan fingerprint density at radius 3 is 0.357 bits per heavy atom. The Kier molecular flexibility index (Phi) is 43.5. The summed E-state index contributed by atoms with van der Waals surface area (Å²) in [6.07, 6.45) is -8.60. The van der Waals surface area contributed by atoms with Crippen molar-refractivity contribution < 1.29 is 145 Å². The lowest BCUT2D eigenvalue weighted by Crippen LogP contribution is -2.43. The summed E-state index contributed by atoms with van der Waals surface area (Å²) < 4.78 is 68.9. The van der Waals surface area contributed by atoms with Crippen LogP contribution in [0.5, 0.6) is 0 Å². The van der Waals surface area contributed by atoms with Gasteiger partial charge in [-0.25, -0.2) is 0 Å². The van der Waals surface area contributed by atoms with Gasteiger partial charge in [0.25, 0.3) is 0 Å². The van der Waals surface area contributed by atoms with Crippen molar-refractivity contribution in [1.29, 1.82) is 0 Å². The van der Waals surface area contributed by atoms with Gasteiger partial charge < -0.3 is 87.5 Å². The van der Waals surface area contributed by atoms with Crippen molar-refractivity contribution in [3.63, 3.8) is 0 Å². The van der Waals surface area contributed by atoms with Gasteiger partial charge in [0.2, 0.25) is 0 Å². The highest BCUT2D eigenvalue weighted by Crippen LogP contribution is 2.41. The average Bonchev–Trinajstić information content (AvgIpc) is 1.59. The number of carboxylic acid groups (broad SMARTS) is 6. The van der Waals surface area contributed by atoms with Gasteiger partial charge in [-0.1, -0.05) is 196 Å². The topological polar surface area (TPSA) is 437 Å². The smallest absolute Gasteiger partial charge is 0.310 e. The Bertz CT molecular complexity index is 2530. The minimum Gasteiger partial charge on any atom is -0.481 e. The second-order valence-electron chi connectivity index (χ2n) is 33.9. The Morgan fingerprint density at radius 1 is 0.196 bits per heavy atom. The summed E-state index contributed by atoms with van der Waals surface area (Å²) in [6, 6.07) is 0. The molecule has 650 valence electrons. The number of carboxylic acids is 6. The number of hydrogen-bond donors (Lipinski definition) is 6. The molecular formula is C82H142O30. The second kappa shape index (κ2) is 46.2. The predicted molar refractivity (Wildman–Crippen MR) is 410 cm³/mol. The molecule has 12 unspecified atom stereocenters. The van der Waals surface area contributed by atoms with Crippen molar-refractivity contribution in [3.05, 3.63) is 0 Å². The van der Waals surface area contributed by atoms with Crippen molar-refractivity contribution >= 4 is 71.6 Å². The van der Waals surface area contributed by atoms with Crippen LogP contribution in [-0.2, 0) is 114 Å². The van der Waals surface area contributed by atoms with E-state index in [9.17, 15) is 88.2 Å². The number of esters is 6. The zero-order valence-electron chi connectivity index (χ0n) is 67.5. The highest BCUT2D eigenvalue weighted by Gasteiger charge is 2.57. The van der Waals surface area contributed by atoms with Crippen LogP contribution >= 0.6 is 0 Å². The number of hydrogen-bond acceptors (Lipinski definition) is 24. The van der Waals surface area contributed by atoms with E-state index >= 15 is 0 Å². The summed E-state index contributed by atoms with van der Waals surface area (Å²) >= 11 is 0. The van der Waals surface area contributed by atoms with Crippen molar-refractivity contribution in [2.75, 3.05) is 39.6 Å². The molecule has 6 saturated heterocycles. The van der Waals surface area contributed by atoms with Gasteiger partial charge in [-0.05, 0) is 71.0 Å². The molecule has 6 rings (SSSR count). The summed E-state index contributed by atoms with van der Waals surface area (Å²) in [5.41, 5.74) is 0. The number of aliphatic carboxylic acids is 6. The fourth-order valence-corrected chi connectivity index (χ4v) is 16.4. The SMILES string of the molecule is C.C.C.C.CC(C)C(C(=O)O)C(C(=O)O[C@@H]1CO[C@H]2[C@@H]1OC[C@H]2OC(=O)C(C(C)C)C(C(=O)O)C(C)C)C(C)C.CC(C)C(C(=O)O)C(C(=O)O[C@H]1CO[C@H]2[C@@H]1OC[C@@H]2OC(=O)C(C(C)C)C(C(=O)O)C(C)C)C(C)C.CC(C)C(C(=O)O)C(C(=O)O[C@H]1CO[C@H]2[C@@H]1OC[C@H]2OC(=O)C(C(C)C)C(C(=O)O)C(C)C)C(C)C. The standard InChI is InChI=1S/3C26H42O10.4CH4/c3*1-11(2)17(23(27)28)19(13(5)6)25(31)35-15-9-33-22-16(10-34-21(15)22)36-26(32)20(14(7)8)18(12(3)4)24(29)30;;;;/h3*11-22H,9-10H2,1-8H3,(H,27,28)(H,29,30);4*1H4/t15-,16+,17?,18?,19?,20?,21-,22-;15-,16-,17?,18?,19?,20?,21+,22+;15-,16-,17?,18?,19?,20?,21-,22-;;;;/m101..../s1. The molecule has 0 aromatic carbocycles. The van der Waals surface area contributed by atoms with Crippen molar-refractivity contribution in [3.8, 4) is 0 Å². The van der Waals surface area contributed by atoms with Crippen LogP contribution in [0.3, 0.4) is 0 Å². The van der Waals surface area contributed by atoms with E-state index in [0.717, 1.165) is 0 Å². The van der Waals surface area contributed by atoms with Crippen LogP contribution in [0.4, 0.5) is 0 Å². The number of ether oxygens (including phenoxy) is 12. The zero-order valence-corrected chi connectivity index (χ0v) is 67.5. The first-order valence-electron chi connectivity index (χ1n) is 38.3. The maximum atomic E-state index is 13.1. The lowest BCUT2D eigenvalue weighted by Gasteiger charge is -2.30. The maximum Gasteiger partial charge on any atom is 0.310 e. The van der Waals surface area contributed by atoms with E-state index in [1.165, 1.54) is 0 Å². The molecule has 112 heavy (non-hydrogen) atoms. The zero-order chi connectivity index (χ0) is 82.4. The fourth-order valence-electron chi connectivity index (χ4n) is 16.4. The monoisotopic (exact) mass is 1610 g/mol. The highest BCUT2D eigenvalue weighted by molar-refractivity contribution is 5.85. The minimum absolute atomic E-state index is 0. The summed E-state index contributed by atoms with van der Waals surface area (Å²) in [7, 11) is 0. The number of carbonyl (C=O) groups excluding carboxylic acids is 6. The van der Waals surface area contributed by atoms with Gasteiger partial charge in [0.15, 0.2) is 36.6 Å². The molecule has 0 saturated carbocycles. The molecule has 6 fully saturated rings. The number of rotatable bonds is 36. The first kappa shape index (κ1) is 105. The molecule has 6 aliphatic heterocycles. The van der Waals surface area contributed by atoms with Gasteiger partial charge in [-0.3, -0.25) is 57.5 Å². The largest absolute Gasteiger partial charge is 0.481 e. The van der Waals surface area contributed by atoms with Crippen LogP contribution in [0.15, 0.2) is 0 Å². The molecule has 0 spiro atoms. The van der Waals surface area contributed by atoms with Crippen molar-refractivity contribution in [1.82, 2.24) is 0 Å². The van der Waals surface area contributed by atoms with Crippen LogP contribution < -0.4 is 0 Å². The lowest BCUT2D eigenvalue weighted by molar-refractivity contribution is -0.171. The van der Waals surface area contributed by atoms with E-state index in [1.807, 2.05) is 0 Å². The molecule has 6 heterocycles. The first-order chi connectivity index (χ1) is 50.0. The van der Waals surface area contributed by atoms with E-state index in [2.05, 4.69) is 0 Å². The Morgan fingerprint density at radius 2 is 0.286 bits per heavy atom. The van der Waals surface area contributed by atoms with E-state index in [0.29, 0.717) is 0 Å². The predicted octanol–water partition coefficient (Wildman–Crippen LogP) is 11.1. The van der Waals surface area contributed by atoms with E-state index in [1.54, 1.807) is 166 Å². The quantitative estimate of drug-likeness (QED) is 0.0251. The first-order valence-corrected chi connectivity index (χ1v) is 38.3. The highest BCUT2D eigenvalue weighted by atomic mass is 16.7. The molecule has 0 aromatic heterocycles. The summed E-state index contributed by atoms with van der Waals surface area (Å²) in [4.78, 5) is 150. The molecule has 30 nitrogen and oxygen atoms in total. The molecule has 30 heteroatoms. The third kappa shape index (κ3) is 26.2. The molecule has 6 N–H and O–H groups in total. The molecule has 24 atom stereocenters. The van der Waals surface area contributed by atoms with Crippen LogP contribution in [-0.4, -0.2) is 215 Å². The van der Waals surface area contributed by atoms with Gasteiger partial charge in [0.05, 0.1) is 111 Å². The average molecular weight is 1610 g/mol. The van der Waals surface area contributed by atoms with E-state index < -0.39 is 216 Å². The third-order valence-electron chi connectivity index (χ3n) is 21.8. The Balaban J connectivity index is 0.00000162. The minimum atomic E-state index is -1.05. The third-order valence-corrected chi connectivity index (χ3v) is 21.8. The molecule has 0 bridgehead atoms. The molecule has 0 aromatic rings. The molecule has 0 aliphatic carbocycles. The molecular weight excluding hydrogens is 1460 g/mol. The van der Waals surface area contributed by atoms with E-state index in [4.69, 9.17) is 56.8 Å². The summed E-state index contributed by atoms with van der Waals surface area (Å²) in [5, 5.41) is 58.1.